The molecule has 132 valence electrons. The molecule has 0 radical (unpaired) electrons. The summed E-state index contributed by atoms with van der Waals surface area (Å²) in [5, 5.41) is 0. The van der Waals surface area contributed by atoms with Crippen LogP contribution in [0.3, 0.4) is 0 Å². The summed E-state index contributed by atoms with van der Waals surface area (Å²) in [7, 11) is 2.17. The molecule has 1 fully saturated rings. The number of rotatable bonds is 2. The Morgan fingerprint density at radius 3 is 2.83 bits per heavy atom. The van der Waals surface area contributed by atoms with Crippen molar-refractivity contribution in [1.82, 2.24) is 19.8 Å². The fourth-order valence-electron chi connectivity index (χ4n) is 3.68. The van der Waals surface area contributed by atoms with E-state index < -0.39 is 0 Å². The normalized spacial score (nSPS) is 22.3. The number of piperidine rings is 1. The molecule has 0 spiro atoms. The maximum Gasteiger partial charge on any atom is 0.223 e. The van der Waals surface area contributed by atoms with Crippen molar-refractivity contribution in [2.45, 2.75) is 58.9 Å². The topological polar surface area (TPSA) is 49.3 Å². The molecule has 5 nitrogen and oxygen atoms in total. The number of aromatic nitrogens is 2. The Morgan fingerprint density at radius 1 is 1.33 bits per heavy atom. The van der Waals surface area contributed by atoms with Gasteiger partial charge in [0, 0.05) is 50.2 Å². The van der Waals surface area contributed by atoms with E-state index in [1.807, 2.05) is 11.1 Å². The highest BCUT2D eigenvalue weighted by molar-refractivity contribution is 5.77. The molecule has 2 aliphatic heterocycles. The molecule has 24 heavy (non-hydrogen) atoms. The monoisotopic (exact) mass is 330 g/mol. The number of likely N-dealkylation sites (tertiary alicyclic amines) is 1. The van der Waals surface area contributed by atoms with Crippen LogP contribution >= 0.6 is 0 Å². The van der Waals surface area contributed by atoms with E-state index in [0.717, 1.165) is 36.6 Å². The Hall–Kier alpha value is -1.49. The number of carbonyl (C=O) groups excluding carboxylic acids is 1. The van der Waals surface area contributed by atoms with E-state index in [4.69, 9.17) is 4.98 Å². The largest absolute Gasteiger partial charge is 0.338 e. The molecule has 0 aliphatic carbocycles. The standard InChI is InChI=1S/C19H30N4O/c1-19(2,3)10-17(24)23-9-7-16-15(13-23)11-20-18(21-16)14-6-5-8-22(4)12-14/h11,14H,5-10,12-13H2,1-4H3/t14-/m0/s1. The van der Waals surface area contributed by atoms with Crippen molar-refractivity contribution >= 4 is 5.91 Å². The van der Waals surface area contributed by atoms with Gasteiger partial charge < -0.3 is 9.80 Å². The first-order valence-electron chi connectivity index (χ1n) is 9.13. The zero-order valence-electron chi connectivity index (χ0n) is 15.5. The third kappa shape index (κ3) is 4.12. The highest BCUT2D eigenvalue weighted by Gasteiger charge is 2.27. The number of carbonyl (C=O) groups is 1. The van der Waals surface area contributed by atoms with E-state index in [1.54, 1.807) is 0 Å². The Labute approximate surface area is 145 Å². The molecule has 1 amide bonds. The lowest BCUT2D eigenvalue weighted by molar-refractivity contribution is -0.134. The molecule has 2 aliphatic rings. The van der Waals surface area contributed by atoms with E-state index in [1.165, 1.54) is 19.4 Å². The molecular formula is C19H30N4O. The average molecular weight is 330 g/mol. The van der Waals surface area contributed by atoms with E-state index >= 15 is 0 Å². The van der Waals surface area contributed by atoms with Crippen LogP contribution in [0.1, 0.15) is 63.0 Å². The zero-order chi connectivity index (χ0) is 17.3. The Balaban J connectivity index is 1.69. The molecule has 0 saturated carbocycles. The van der Waals surface area contributed by atoms with Crippen LogP contribution < -0.4 is 0 Å². The second-order valence-corrected chi connectivity index (χ2v) is 8.60. The van der Waals surface area contributed by atoms with E-state index in [-0.39, 0.29) is 11.3 Å². The lowest BCUT2D eigenvalue weighted by Crippen LogP contribution is -2.38. The summed E-state index contributed by atoms with van der Waals surface area (Å²) in [5.41, 5.74) is 2.30. The Morgan fingerprint density at radius 2 is 2.12 bits per heavy atom. The Kier molecular flexibility index (Phi) is 4.90. The number of fused-ring (bicyclic) bond motifs is 1. The molecule has 3 heterocycles. The van der Waals surface area contributed by atoms with Crippen molar-refractivity contribution in [1.29, 1.82) is 0 Å². The summed E-state index contributed by atoms with van der Waals surface area (Å²) in [6.45, 7) is 10.00. The van der Waals surface area contributed by atoms with Gasteiger partial charge in [-0.3, -0.25) is 4.79 Å². The summed E-state index contributed by atoms with van der Waals surface area (Å²) in [5.74, 6) is 1.69. The van der Waals surface area contributed by atoms with Gasteiger partial charge in [-0.05, 0) is 31.8 Å². The average Bonchev–Trinajstić information content (AvgIpc) is 2.52. The van der Waals surface area contributed by atoms with Crippen LogP contribution in [0.5, 0.6) is 0 Å². The number of hydrogen-bond acceptors (Lipinski definition) is 4. The molecule has 3 rings (SSSR count). The fraction of sp³-hybridized carbons (Fsp3) is 0.737. The smallest absolute Gasteiger partial charge is 0.223 e. The molecule has 5 heteroatoms. The van der Waals surface area contributed by atoms with Gasteiger partial charge in [0.2, 0.25) is 5.91 Å². The molecule has 0 N–H and O–H groups in total. The van der Waals surface area contributed by atoms with Crippen LogP contribution in [-0.2, 0) is 17.8 Å². The highest BCUT2D eigenvalue weighted by atomic mass is 16.2. The summed E-state index contributed by atoms with van der Waals surface area (Å²) in [6.07, 6.45) is 5.80. The van der Waals surface area contributed by atoms with Crippen molar-refractivity contribution < 1.29 is 4.79 Å². The summed E-state index contributed by atoms with van der Waals surface area (Å²) >= 11 is 0. The summed E-state index contributed by atoms with van der Waals surface area (Å²) < 4.78 is 0. The molecule has 1 atom stereocenters. The second-order valence-electron chi connectivity index (χ2n) is 8.60. The first kappa shape index (κ1) is 17.3. The van der Waals surface area contributed by atoms with Crippen molar-refractivity contribution in [3.63, 3.8) is 0 Å². The van der Waals surface area contributed by atoms with Gasteiger partial charge in [0.1, 0.15) is 5.82 Å². The van der Waals surface area contributed by atoms with Crippen LogP contribution in [0, 0.1) is 5.41 Å². The van der Waals surface area contributed by atoms with Crippen molar-refractivity contribution in [2.24, 2.45) is 5.41 Å². The van der Waals surface area contributed by atoms with Gasteiger partial charge in [0.25, 0.3) is 0 Å². The quantitative estimate of drug-likeness (QED) is 0.836. The first-order chi connectivity index (χ1) is 11.3. The van der Waals surface area contributed by atoms with Crippen LogP contribution in [0.15, 0.2) is 6.20 Å². The zero-order valence-corrected chi connectivity index (χ0v) is 15.5. The molecule has 0 aromatic carbocycles. The van der Waals surface area contributed by atoms with Crippen molar-refractivity contribution in [3.8, 4) is 0 Å². The predicted molar refractivity (Wildman–Crippen MR) is 94.7 cm³/mol. The van der Waals surface area contributed by atoms with Crippen LogP contribution in [0.2, 0.25) is 0 Å². The molecule has 0 unspecified atom stereocenters. The molecular weight excluding hydrogens is 300 g/mol. The number of nitrogens with zero attached hydrogens (tertiary/aromatic N) is 4. The maximum atomic E-state index is 12.5. The maximum absolute atomic E-state index is 12.5. The van der Waals surface area contributed by atoms with Crippen LogP contribution in [-0.4, -0.2) is 52.4 Å². The lowest BCUT2D eigenvalue weighted by atomic mass is 9.91. The number of amides is 1. The van der Waals surface area contributed by atoms with Gasteiger partial charge in [0.05, 0.1) is 5.69 Å². The van der Waals surface area contributed by atoms with Gasteiger partial charge >= 0.3 is 0 Å². The van der Waals surface area contributed by atoms with Crippen LogP contribution in [0.25, 0.3) is 0 Å². The van der Waals surface area contributed by atoms with Gasteiger partial charge in [-0.25, -0.2) is 9.97 Å². The third-order valence-corrected chi connectivity index (χ3v) is 4.98. The molecule has 1 aromatic rings. The minimum absolute atomic E-state index is 0.0325. The molecule has 0 bridgehead atoms. The number of likely N-dealkylation sites (N-methyl/N-ethyl adjacent to an activating group) is 1. The minimum atomic E-state index is 0.0325. The SMILES string of the molecule is CN1CCC[C@H](c2ncc3c(n2)CCN(C(=O)CC(C)(C)C)C3)C1. The summed E-state index contributed by atoms with van der Waals surface area (Å²) in [6, 6.07) is 0. The fourth-order valence-corrected chi connectivity index (χ4v) is 3.68. The lowest BCUT2D eigenvalue weighted by Gasteiger charge is -2.32. The molecule has 1 aromatic heterocycles. The van der Waals surface area contributed by atoms with E-state index in [2.05, 4.69) is 37.7 Å². The van der Waals surface area contributed by atoms with E-state index in [0.29, 0.717) is 18.9 Å². The van der Waals surface area contributed by atoms with E-state index in [9.17, 15) is 4.79 Å². The summed E-state index contributed by atoms with van der Waals surface area (Å²) in [4.78, 5) is 26.3. The van der Waals surface area contributed by atoms with Gasteiger partial charge in [-0.2, -0.15) is 0 Å². The van der Waals surface area contributed by atoms with Crippen molar-refractivity contribution in [3.05, 3.63) is 23.3 Å². The van der Waals surface area contributed by atoms with Gasteiger partial charge in [0.15, 0.2) is 0 Å². The molecule has 1 saturated heterocycles. The third-order valence-electron chi connectivity index (χ3n) is 4.98. The number of hydrogen-bond donors (Lipinski definition) is 0. The van der Waals surface area contributed by atoms with Crippen molar-refractivity contribution in [2.75, 3.05) is 26.7 Å². The predicted octanol–water partition coefficient (Wildman–Crippen LogP) is 2.61. The minimum Gasteiger partial charge on any atom is -0.338 e. The van der Waals surface area contributed by atoms with Crippen LogP contribution in [0.4, 0.5) is 0 Å². The van der Waals surface area contributed by atoms with Gasteiger partial charge in [-0.1, -0.05) is 20.8 Å². The second kappa shape index (κ2) is 6.79. The Bertz CT molecular complexity index is 608. The van der Waals surface area contributed by atoms with Gasteiger partial charge in [-0.15, -0.1) is 0 Å². The first-order valence-corrected chi connectivity index (χ1v) is 9.13. The highest BCUT2D eigenvalue weighted by Crippen LogP contribution is 2.27.